The van der Waals surface area contributed by atoms with Crippen LogP contribution < -0.4 is 4.90 Å². The third-order valence-electron chi connectivity index (χ3n) is 4.65. The van der Waals surface area contributed by atoms with Gasteiger partial charge in [0.15, 0.2) is 0 Å². The highest BCUT2D eigenvalue weighted by Crippen LogP contribution is 2.21. The molecule has 2 N–H and O–H groups in total. The van der Waals surface area contributed by atoms with Crippen molar-refractivity contribution < 1.29 is 14.7 Å². The maximum absolute atomic E-state index is 9.98. The number of phenolic OH excluding ortho intramolecular Hbond substituents is 1. The Labute approximate surface area is 153 Å². The number of ether oxygens (including phenoxy) is 1. The van der Waals surface area contributed by atoms with Crippen molar-refractivity contribution in [3.05, 3.63) is 64.7 Å². The van der Waals surface area contributed by atoms with Crippen molar-refractivity contribution in [2.45, 2.75) is 19.0 Å². The van der Waals surface area contributed by atoms with E-state index in [1.807, 2.05) is 6.07 Å². The van der Waals surface area contributed by atoms with Crippen LogP contribution in [0.4, 0.5) is 0 Å². The van der Waals surface area contributed by atoms with Crippen LogP contribution >= 0.6 is 11.6 Å². The van der Waals surface area contributed by atoms with Crippen LogP contribution in [0.2, 0.25) is 5.02 Å². The van der Waals surface area contributed by atoms with Gasteiger partial charge in [-0.2, -0.15) is 0 Å². The van der Waals surface area contributed by atoms with E-state index in [9.17, 15) is 5.11 Å². The minimum Gasteiger partial charge on any atom is -0.507 e. The number of aliphatic imine (C=N–C) groups is 1. The second-order valence-electron chi connectivity index (χ2n) is 6.38. The maximum atomic E-state index is 9.98. The fraction of sp³-hybridized carbons (Fsp3) is 0.350. The molecule has 4 nitrogen and oxygen atoms in total. The zero-order valence-corrected chi connectivity index (χ0v) is 15.1. The molecule has 0 saturated carbocycles. The van der Waals surface area contributed by atoms with Crippen LogP contribution in [0, 0.1) is 0 Å². The molecular weight excluding hydrogens is 336 g/mol. The third kappa shape index (κ3) is 4.60. The van der Waals surface area contributed by atoms with Crippen molar-refractivity contribution in [1.82, 2.24) is 0 Å². The largest absolute Gasteiger partial charge is 0.507 e. The summed E-state index contributed by atoms with van der Waals surface area (Å²) in [6.45, 7) is 5.64. The summed E-state index contributed by atoms with van der Waals surface area (Å²) in [6.07, 6.45) is 1.72. The molecule has 1 saturated heterocycles. The molecule has 5 heteroatoms. The first-order chi connectivity index (χ1) is 12.1. The molecule has 0 unspecified atom stereocenters. The molecule has 3 rings (SSSR count). The minimum atomic E-state index is 0.0638. The Morgan fingerprint density at radius 1 is 1.16 bits per heavy atom. The van der Waals surface area contributed by atoms with Gasteiger partial charge in [0.05, 0.1) is 13.2 Å². The molecule has 0 aromatic heterocycles. The molecular formula is C20H24ClN2O2+. The Balaban J connectivity index is 1.84. The Hall–Kier alpha value is -1.88. The van der Waals surface area contributed by atoms with Gasteiger partial charge in [0.2, 0.25) is 0 Å². The summed E-state index contributed by atoms with van der Waals surface area (Å²) in [4.78, 5) is 6.23. The molecule has 25 heavy (non-hydrogen) atoms. The minimum absolute atomic E-state index is 0.0638. The van der Waals surface area contributed by atoms with Crippen molar-refractivity contribution >= 4 is 17.8 Å². The summed E-state index contributed by atoms with van der Waals surface area (Å²) in [6, 6.07) is 15.8. The molecule has 0 bridgehead atoms. The van der Waals surface area contributed by atoms with Gasteiger partial charge in [-0.3, -0.25) is 4.99 Å². The Bertz CT molecular complexity index is 715. The number of phenols is 1. The topological polar surface area (TPSA) is 46.3 Å². The van der Waals surface area contributed by atoms with Gasteiger partial charge >= 0.3 is 0 Å². The van der Waals surface area contributed by atoms with Crippen LogP contribution in [0.25, 0.3) is 0 Å². The van der Waals surface area contributed by atoms with Crippen LogP contribution in [-0.4, -0.2) is 43.7 Å². The molecule has 2 aromatic carbocycles. The summed E-state index contributed by atoms with van der Waals surface area (Å²) in [7, 11) is 0. The van der Waals surface area contributed by atoms with E-state index in [2.05, 4.69) is 31.2 Å². The van der Waals surface area contributed by atoms with Crippen molar-refractivity contribution in [3.63, 3.8) is 0 Å². The number of rotatable bonds is 5. The second kappa shape index (κ2) is 8.48. The van der Waals surface area contributed by atoms with Crippen LogP contribution in [-0.2, 0) is 4.74 Å². The van der Waals surface area contributed by atoms with E-state index in [1.54, 1.807) is 24.4 Å². The maximum Gasteiger partial charge on any atom is 0.136 e. The van der Waals surface area contributed by atoms with Crippen molar-refractivity contribution in [1.29, 1.82) is 0 Å². The van der Waals surface area contributed by atoms with E-state index in [-0.39, 0.29) is 17.8 Å². The van der Waals surface area contributed by atoms with Crippen molar-refractivity contribution in [3.8, 4) is 5.75 Å². The van der Waals surface area contributed by atoms with Gasteiger partial charge < -0.3 is 14.7 Å². The average Bonchev–Trinajstić information content (AvgIpc) is 2.64. The number of hydrogen-bond acceptors (Lipinski definition) is 3. The van der Waals surface area contributed by atoms with Gasteiger partial charge in [0, 0.05) is 22.4 Å². The lowest BCUT2D eigenvalue weighted by Crippen LogP contribution is -3.15. The van der Waals surface area contributed by atoms with E-state index < -0.39 is 0 Å². The summed E-state index contributed by atoms with van der Waals surface area (Å²) in [5, 5.41) is 10.6. The molecule has 0 amide bonds. The molecule has 132 valence electrons. The number of aromatic hydroxyl groups is 1. The molecule has 0 aliphatic carbocycles. The lowest BCUT2D eigenvalue weighted by molar-refractivity contribution is -0.940. The van der Waals surface area contributed by atoms with Gasteiger partial charge in [0.1, 0.15) is 30.9 Å². The Morgan fingerprint density at radius 2 is 1.88 bits per heavy atom. The predicted octanol–water partition coefficient (Wildman–Crippen LogP) is 2.51. The van der Waals surface area contributed by atoms with Crippen molar-refractivity contribution in [2.24, 2.45) is 4.99 Å². The molecule has 0 spiro atoms. The molecule has 2 aromatic rings. The summed E-state index contributed by atoms with van der Waals surface area (Å²) in [5.74, 6) is 0.190. The predicted molar refractivity (Wildman–Crippen MR) is 101 cm³/mol. The average molecular weight is 360 g/mol. The monoisotopic (exact) mass is 359 g/mol. The zero-order valence-electron chi connectivity index (χ0n) is 14.4. The first-order valence-electron chi connectivity index (χ1n) is 8.64. The second-order valence-corrected chi connectivity index (χ2v) is 6.82. The number of hydrogen-bond donors (Lipinski definition) is 2. The van der Waals surface area contributed by atoms with Crippen LogP contribution in [0.5, 0.6) is 5.75 Å². The zero-order chi connectivity index (χ0) is 17.6. The lowest BCUT2D eigenvalue weighted by atomic mass is 9.98. The molecule has 1 heterocycles. The van der Waals surface area contributed by atoms with E-state index in [4.69, 9.17) is 21.3 Å². The Morgan fingerprint density at radius 3 is 2.60 bits per heavy atom. The van der Waals surface area contributed by atoms with Gasteiger partial charge in [-0.25, -0.2) is 0 Å². The van der Waals surface area contributed by atoms with E-state index in [0.29, 0.717) is 10.6 Å². The molecule has 0 radical (unpaired) electrons. The number of nitrogens with zero attached hydrogens (tertiary/aromatic N) is 1. The standard InChI is InChI=1S/C20H23ClN2O2/c1-15(22-14-17-13-18(21)7-8-19(17)24)20(16-5-3-2-4-6-16)23-9-11-25-12-10-23/h2-8,13-15,20,24H,9-12H2,1H3/p+1/t15-,20-/m1/s1. The van der Waals surface area contributed by atoms with E-state index in [0.717, 1.165) is 26.3 Å². The van der Waals surface area contributed by atoms with Crippen molar-refractivity contribution in [2.75, 3.05) is 26.3 Å². The van der Waals surface area contributed by atoms with Gasteiger partial charge in [-0.05, 0) is 25.1 Å². The quantitative estimate of drug-likeness (QED) is 0.806. The fourth-order valence-electron chi connectivity index (χ4n) is 3.37. The highest BCUT2D eigenvalue weighted by atomic mass is 35.5. The van der Waals surface area contributed by atoms with E-state index >= 15 is 0 Å². The number of quaternary nitrogens is 1. The normalized spacial score (nSPS) is 18.3. The smallest absolute Gasteiger partial charge is 0.136 e. The third-order valence-corrected chi connectivity index (χ3v) is 4.89. The highest BCUT2D eigenvalue weighted by molar-refractivity contribution is 6.30. The molecule has 2 atom stereocenters. The number of morpholine rings is 1. The molecule has 1 aliphatic rings. The SMILES string of the molecule is C[C@@H](N=Cc1cc(Cl)ccc1O)[C@H](c1ccccc1)[NH+]1CCOCC1. The number of halogens is 1. The summed E-state index contributed by atoms with van der Waals surface area (Å²) in [5.41, 5.74) is 1.92. The van der Waals surface area contributed by atoms with E-state index in [1.165, 1.54) is 10.5 Å². The fourth-order valence-corrected chi connectivity index (χ4v) is 3.55. The molecule has 1 fully saturated rings. The van der Waals surface area contributed by atoms with Gasteiger partial charge in [-0.15, -0.1) is 0 Å². The first kappa shape index (κ1) is 17.9. The van der Waals surface area contributed by atoms with Crippen LogP contribution in [0.3, 0.4) is 0 Å². The lowest BCUT2D eigenvalue weighted by Gasteiger charge is -2.33. The van der Waals surface area contributed by atoms with Crippen LogP contribution in [0.15, 0.2) is 53.5 Å². The number of nitrogens with one attached hydrogen (secondary N) is 1. The highest BCUT2D eigenvalue weighted by Gasteiger charge is 2.30. The Kier molecular flexibility index (Phi) is 6.08. The summed E-state index contributed by atoms with van der Waals surface area (Å²) < 4.78 is 5.52. The van der Waals surface area contributed by atoms with Gasteiger partial charge in [0.25, 0.3) is 0 Å². The summed E-state index contributed by atoms with van der Waals surface area (Å²) >= 11 is 6.02. The first-order valence-corrected chi connectivity index (χ1v) is 9.02. The molecule has 1 aliphatic heterocycles. The van der Waals surface area contributed by atoms with Gasteiger partial charge in [-0.1, -0.05) is 41.9 Å². The number of benzene rings is 2. The van der Waals surface area contributed by atoms with Crippen LogP contribution in [0.1, 0.15) is 24.1 Å².